The quantitative estimate of drug-likeness (QED) is 0.561. The SMILES string of the molecule is Fc1cccc2c(NCCc3cccc4ccccc34)ccnc12. The zero-order chi connectivity index (χ0) is 16.4. The van der Waals surface area contributed by atoms with Gasteiger partial charge in [0.15, 0.2) is 0 Å². The van der Waals surface area contributed by atoms with Crippen LogP contribution in [0.25, 0.3) is 21.7 Å². The van der Waals surface area contributed by atoms with Crippen LogP contribution in [0.4, 0.5) is 10.1 Å². The smallest absolute Gasteiger partial charge is 0.149 e. The first-order chi connectivity index (χ1) is 11.8. The maximum absolute atomic E-state index is 13.8. The Morgan fingerprint density at radius 1 is 0.833 bits per heavy atom. The summed E-state index contributed by atoms with van der Waals surface area (Å²) in [6.07, 6.45) is 2.55. The van der Waals surface area contributed by atoms with E-state index in [2.05, 4.69) is 52.8 Å². The lowest BCUT2D eigenvalue weighted by molar-refractivity contribution is 0.637. The van der Waals surface area contributed by atoms with E-state index in [1.807, 2.05) is 12.1 Å². The molecule has 0 spiro atoms. The minimum atomic E-state index is -0.287. The van der Waals surface area contributed by atoms with Gasteiger partial charge < -0.3 is 5.32 Å². The first kappa shape index (κ1) is 14.6. The maximum Gasteiger partial charge on any atom is 0.149 e. The van der Waals surface area contributed by atoms with Crippen LogP contribution in [-0.2, 0) is 6.42 Å². The number of nitrogens with one attached hydrogen (secondary N) is 1. The monoisotopic (exact) mass is 316 g/mol. The Hall–Kier alpha value is -2.94. The highest BCUT2D eigenvalue weighted by Crippen LogP contribution is 2.24. The second-order valence-corrected chi connectivity index (χ2v) is 5.81. The van der Waals surface area contributed by atoms with Crippen molar-refractivity contribution in [3.8, 4) is 0 Å². The Kier molecular flexibility index (Phi) is 3.83. The standard InChI is InChI=1S/C21H17FN2/c22-19-10-4-9-18-20(12-14-24-21(18)19)23-13-11-16-7-3-6-15-5-1-2-8-17(15)16/h1-10,12,14H,11,13H2,(H,23,24). The molecule has 1 N–H and O–H groups in total. The minimum absolute atomic E-state index is 0.287. The Bertz CT molecular complexity index is 1010. The molecule has 4 rings (SSSR count). The predicted octanol–water partition coefficient (Wildman–Crippen LogP) is 5.18. The Morgan fingerprint density at radius 3 is 2.58 bits per heavy atom. The van der Waals surface area contributed by atoms with E-state index in [1.165, 1.54) is 22.4 Å². The summed E-state index contributed by atoms with van der Waals surface area (Å²) < 4.78 is 13.8. The molecule has 2 nitrogen and oxygen atoms in total. The van der Waals surface area contributed by atoms with Crippen LogP contribution in [0, 0.1) is 5.82 Å². The molecule has 0 amide bonds. The minimum Gasteiger partial charge on any atom is -0.384 e. The van der Waals surface area contributed by atoms with Crippen LogP contribution in [0.3, 0.4) is 0 Å². The van der Waals surface area contributed by atoms with Crippen molar-refractivity contribution in [1.82, 2.24) is 4.98 Å². The van der Waals surface area contributed by atoms with Crippen LogP contribution in [0.5, 0.6) is 0 Å². The summed E-state index contributed by atoms with van der Waals surface area (Å²) in [5, 5.41) is 6.78. The largest absolute Gasteiger partial charge is 0.384 e. The van der Waals surface area contributed by atoms with E-state index in [0.717, 1.165) is 24.0 Å². The van der Waals surface area contributed by atoms with Crippen molar-refractivity contribution in [2.24, 2.45) is 0 Å². The van der Waals surface area contributed by atoms with Crippen molar-refractivity contribution in [3.05, 3.63) is 84.3 Å². The van der Waals surface area contributed by atoms with Crippen molar-refractivity contribution >= 4 is 27.4 Å². The highest BCUT2D eigenvalue weighted by Gasteiger charge is 2.06. The van der Waals surface area contributed by atoms with Crippen molar-refractivity contribution in [1.29, 1.82) is 0 Å². The van der Waals surface area contributed by atoms with Crippen LogP contribution >= 0.6 is 0 Å². The Morgan fingerprint density at radius 2 is 1.62 bits per heavy atom. The second kappa shape index (κ2) is 6.28. The Balaban J connectivity index is 1.57. The van der Waals surface area contributed by atoms with Crippen molar-refractivity contribution in [3.63, 3.8) is 0 Å². The molecule has 0 fully saturated rings. The number of aromatic nitrogens is 1. The van der Waals surface area contributed by atoms with Gasteiger partial charge in [0.2, 0.25) is 0 Å². The van der Waals surface area contributed by atoms with Crippen LogP contribution in [-0.4, -0.2) is 11.5 Å². The lowest BCUT2D eigenvalue weighted by Crippen LogP contribution is -2.06. The topological polar surface area (TPSA) is 24.9 Å². The van der Waals surface area contributed by atoms with Crippen LogP contribution in [0.15, 0.2) is 72.9 Å². The van der Waals surface area contributed by atoms with Gasteiger partial charge in [-0.15, -0.1) is 0 Å². The van der Waals surface area contributed by atoms with Crippen molar-refractivity contribution in [2.75, 3.05) is 11.9 Å². The normalized spacial score (nSPS) is 11.0. The van der Waals surface area contributed by atoms with E-state index in [-0.39, 0.29) is 5.82 Å². The molecular weight excluding hydrogens is 299 g/mol. The van der Waals surface area contributed by atoms with Gasteiger partial charge in [0.1, 0.15) is 11.3 Å². The van der Waals surface area contributed by atoms with E-state index in [4.69, 9.17) is 0 Å². The van der Waals surface area contributed by atoms with Crippen LogP contribution in [0.2, 0.25) is 0 Å². The molecule has 3 aromatic carbocycles. The molecule has 1 aromatic heterocycles. The van der Waals surface area contributed by atoms with Gasteiger partial charge >= 0.3 is 0 Å². The molecule has 4 aromatic rings. The number of rotatable bonds is 4. The average Bonchev–Trinajstić information content (AvgIpc) is 2.63. The number of halogens is 1. The third-order valence-corrected chi connectivity index (χ3v) is 4.31. The van der Waals surface area contributed by atoms with Crippen molar-refractivity contribution < 1.29 is 4.39 Å². The molecule has 0 aliphatic heterocycles. The molecule has 1 heterocycles. The number of hydrogen-bond acceptors (Lipinski definition) is 2. The van der Waals surface area contributed by atoms with Gasteiger partial charge in [0.25, 0.3) is 0 Å². The molecule has 0 saturated heterocycles. The summed E-state index contributed by atoms with van der Waals surface area (Å²) >= 11 is 0. The predicted molar refractivity (Wildman–Crippen MR) is 97.8 cm³/mol. The number of pyridine rings is 1. The lowest BCUT2D eigenvalue weighted by atomic mass is 10.0. The van der Waals surface area contributed by atoms with Gasteiger partial charge in [-0.25, -0.2) is 4.39 Å². The van der Waals surface area contributed by atoms with E-state index in [9.17, 15) is 4.39 Å². The average molecular weight is 316 g/mol. The lowest BCUT2D eigenvalue weighted by Gasteiger charge is -2.11. The summed E-state index contributed by atoms with van der Waals surface area (Å²) in [7, 11) is 0. The number of para-hydroxylation sites is 1. The molecule has 0 atom stereocenters. The fourth-order valence-electron chi connectivity index (χ4n) is 3.14. The molecular formula is C21H17FN2. The summed E-state index contributed by atoms with van der Waals surface area (Å²) in [4.78, 5) is 4.13. The molecule has 0 aliphatic carbocycles. The van der Waals surface area contributed by atoms with Gasteiger partial charge in [0, 0.05) is 23.8 Å². The van der Waals surface area contributed by atoms with E-state index >= 15 is 0 Å². The number of fused-ring (bicyclic) bond motifs is 2. The van der Waals surface area contributed by atoms with Gasteiger partial charge in [-0.3, -0.25) is 4.98 Å². The zero-order valence-electron chi connectivity index (χ0n) is 13.2. The molecule has 0 saturated carbocycles. The fourth-order valence-corrected chi connectivity index (χ4v) is 3.14. The van der Waals surface area contributed by atoms with Crippen LogP contribution in [0.1, 0.15) is 5.56 Å². The third-order valence-electron chi connectivity index (χ3n) is 4.31. The van der Waals surface area contributed by atoms with E-state index in [1.54, 1.807) is 12.3 Å². The first-order valence-electron chi connectivity index (χ1n) is 8.07. The summed E-state index contributed by atoms with van der Waals surface area (Å²) in [6.45, 7) is 0.781. The molecule has 118 valence electrons. The van der Waals surface area contributed by atoms with E-state index < -0.39 is 0 Å². The summed E-state index contributed by atoms with van der Waals surface area (Å²) in [6, 6.07) is 21.7. The third kappa shape index (κ3) is 2.69. The molecule has 0 aliphatic rings. The Labute approximate surface area is 140 Å². The molecule has 0 radical (unpaired) electrons. The number of anilines is 1. The zero-order valence-corrected chi connectivity index (χ0v) is 13.2. The van der Waals surface area contributed by atoms with Crippen molar-refractivity contribution in [2.45, 2.75) is 6.42 Å². The molecule has 3 heteroatoms. The molecule has 0 unspecified atom stereocenters. The van der Waals surface area contributed by atoms with E-state index in [0.29, 0.717) is 5.52 Å². The highest BCUT2D eigenvalue weighted by molar-refractivity contribution is 5.91. The number of hydrogen-bond donors (Lipinski definition) is 1. The van der Waals surface area contributed by atoms with Gasteiger partial charge in [0.05, 0.1) is 0 Å². The second-order valence-electron chi connectivity index (χ2n) is 5.81. The first-order valence-corrected chi connectivity index (χ1v) is 8.07. The van der Waals surface area contributed by atoms with Crippen LogP contribution < -0.4 is 5.32 Å². The summed E-state index contributed by atoms with van der Waals surface area (Å²) in [5.41, 5.74) is 2.64. The van der Waals surface area contributed by atoms with Gasteiger partial charge in [-0.1, -0.05) is 54.6 Å². The van der Waals surface area contributed by atoms with Gasteiger partial charge in [-0.2, -0.15) is 0 Å². The number of benzene rings is 3. The molecule has 24 heavy (non-hydrogen) atoms. The fraction of sp³-hybridized carbons (Fsp3) is 0.0952. The summed E-state index contributed by atoms with van der Waals surface area (Å²) in [5.74, 6) is -0.287. The maximum atomic E-state index is 13.8. The highest BCUT2D eigenvalue weighted by atomic mass is 19.1. The molecule has 0 bridgehead atoms. The van der Waals surface area contributed by atoms with Gasteiger partial charge in [-0.05, 0) is 34.9 Å². The number of nitrogens with zero attached hydrogens (tertiary/aromatic N) is 1.